The molecule has 0 unspecified atom stereocenters. The molecule has 34 heavy (non-hydrogen) atoms. The molecule has 170 valence electrons. The van der Waals surface area contributed by atoms with Crippen molar-refractivity contribution in [2.24, 2.45) is 0 Å². The van der Waals surface area contributed by atoms with E-state index in [0.717, 1.165) is 21.8 Å². The van der Waals surface area contributed by atoms with Gasteiger partial charge in [0.25, 0.3) is 0 Å². The van der Waals surface area contributed by atoms with Crippen molar-refractivity contribution in [1.82, 2.24) is 0 Å². The molecular formula is C28H23ClN2O2S. The molecule has 0 bridgehead atoms. The number of para-hydroxylation sites is 2. The van der Waals surface area contributed by atoms with Crippen LogP contribution in [0.1, 0.15) is 5.56 Å². The van der Waals surface area contributed by atoms with E-state index in [2.05, 4.69) is 5.32 Å². The third-order valence-corrected chi connectivity index (χ3v) is 6.31. The number of anilines is 3. The summed E-state index contributed by atoms with van der Waals surface area (Å²) in [6.07, 6.45) is 0.275. The van der Waals surface area contributed by atoms with Gasteiger partial charge in [-0.25, -0.2) is 0 Å². The lowest BCUT2D eigenvalue weighted by Gasteiger charge is -2.23. The maximum absolute atomic E-state index is 13.2. The van der Waals surface area contributed by atoms with E-state index in [9.17, 15) is 9.59 Å². The molecule has 6 heteroatoms. The fourth-order valence-corrected chi connectivity index (χ4v) is 4.30. The molecule has 1 N–H and O–H groups in total. The third kappa shape index (κ3) is 6.50. The molecule has 0 fully saturated rings. The van der Waals surface area contributed by atoms with Crippen LogP contribution in [-0.4, -0.2) is 17.6 Å². The summed E-state index contributed by atoms with van der Waals surface area (Å²) in [7, 11) is 0. The van der Waals surface area contributed by atoms with Gasteiger partial charge in [-0.15, -0.1) is 11.8 Å². The Kier molecular flexibility index (Phi) is 8.02. The lowest BCUT2D eigenvalue weighted by atomic mass is 10.1. The molecule has 0 aliphatic carbocycles. The van der Waals surface area contributed by atoms with E-state index in [1.165, 1.54) is 11.8 Å². The SMILES string of the molecule is O=C(Cc1ccc(Cl)cc1)Nc1ccc(SCC(=O)N(c2ccccc2)c2ccccc2)cc1. The number of halogens is 1. The van der Waals surface area contributed by atoms with Crippen molar-refractivity contribution in [3.05, 3.63) is 120 Å². The van der Waals surface area contributed by atoms with E-state index in [1.54, 1.807) is 17.0 Å². The molecule has 0 heterocycles. The first kappa shape index (κ1) is 23.6. The molecule has 0 radical (unpaired) electrons. The second kappa shape index (κ2) is 11.5. The number of rotatable bonds is 8. The minimum Gasteiger partial charge on any atom is -0.326 e. The molecule has 0 aliphatic rings. The topological polar surface area (TPSA) is 49.4 Å². The van der Waals surface area contributed by atoms with Crippen molar-refractivity contribution >= 4 is 52.2 Å². The van der Waals surface area contributed by atoms with Gasteiger partial charge in [-0.05, 0) is 66.2 Å². The van der Waals surface area contributed by atoms with Crippen molar-refractivity contribution in [2.45, 2.75) is 11.3 Å². The fourth-order valence-electron chi connectivity index (χ4n) is 3.43. The van der Waals surface area contributed by atoms with Crippen LogP contribution >= 0.6 is 23.4 Å². The predicted molar refractivity (Wildman–Crippen MR) is 141 cm³/mol. The average Bonchev–Trinajstić information content (AvgIpc) is 2.86. The predicted octanol–water partition coefficient (Wildman–Crippen LogP) is 6.98. The van der Waals surface area contributed by atoms with Crippen LogP contribution in [-0.2, 0) is 16.0 Å². The summed E-state index contributed by atoms with van der Waals surface area (Å²) >= 11 is 7.35. The van der Waals surface area contributed by atoms with Gasteiger partial charge in [-0.1, -0.05) is 60.1 Å². The maximum Gasteiger partial charge on any atom is 0.241 e. The monoisotopic (exact) mass is 486 g/mol. The third-order valence-electron chi connectivity index (χ3n) is 5.06. The Hall–Kier alpha value is -3.54. The Labute approximate surface area is 208 Å². The summed E-state index contributed by atoms with van der Waals surface area (Å²) in [6.45, 7) is 0. The summed E-state index contributed by atoms with van der Waals surface area (Å²) in [5.41, 5.74) is 3.27. The molecule has 0 saturated carbocycles. The summed E-state index contributed by atoms with van der Waals surface area (Å²) < 4.78 is 0. The molecule has 4 rings (SSSR count). The zero-order valence-corrected chi connectivity index (χ0v) is 19.9. The van der Waals surface area contributed by atoms with Crippen LogP contribution < -0.4 is 10.2 Å². The van der Waals surface area contributed by atoms with Crippen LogP contribution in [0.25, 0.3) is 0 Å². The Morgan fingerprint density at radius 3 is 1.85 bits per heavy atom. The van der Waals surface area contributed by atoms with Crippen molar-refractivity contribution in [3.8, 4) is 0 Å². The molecule has 0 aromatic heterocycles. The standard InChI is InChI=1S/C28H23ClN2O2S/c29-22-13-11-21(12-14-22)19-27(32)30-23-15-17-26(18-16-23)34-20-28(33)31(24-7-3-1-4-8-24)25-9-5-2-6-10-25/h1-18H,19-20H2,(H,30,32). The number of hydrogen-bond acceptors (Lipinski definition) is 3. The minimum absolute atomic E-state index is 0.0113. The van der Waals surface area contributed by atoms with Crippen LogP contribution in [0, 0.1) is 0 Å². The minimum atomic E-state index is -0.0979. The summed E-state index contributed by atoms with van der Waals surface area (Å²) in [6, 6.07) is 34.0. The lowest BCUT2D eigenvalue weighted by molar-refractivity contribution is -0.116. The number of nitrogens with one attached hydrogen (secondary N) is 1. The van der Waals surface area contributed by atoms with Crippen molar-refractivity contribution < 1.29 is 9.59 Å². The maximum atomic E-state index is 13.2. The van der Waals surface area contributed by atoms with Gasteiger partial charge in [0.05, 0.1) is 12.2 Å². The highest BCUT2D eigenvalue weighted by atomic mass is 35.5. The van der Waals surface area contributed by atoms with Crippen LogP contribution in [0.2, 0.25) is 5.02 Å². The van der Waals surface area contributed by atoms with Crippen LogP contribution in [0.4, 0.5) is 17.1 Å². The highest BCUT2D eigenvalue weighted by molar-refractivity contribution is 8.00. The largest absolute Gasteiger partial charge is 0.326 e. The van der Waals surface area contributed by atoms with Crippen molar-refractivity contribution in [3.63, 3.8) is 0 Å². The van der Waals surface area contributed by atoms with E-state index in [0.29, 0.717) is 10.7 Å². The summed E-state index contributed by atoms with van der Waals surface area (Å²) in [4.78, 5) is 28.2. The quantitative estimate of drug-likeness (QED) is 0.273. The summed E-state index contributed by atoms with van der Waals surface area (Å²) in [5.74, 6) is 0.175. The van der Waals surface area contributed by atoms with Gasteiger partial charge in [0.1, 0.15) is 0 Å². The highest BCUT2D eigenvalue weighted by Gasteiger charge is 2.18. The first-order chi connectivity index (χ1) is 16.6. The smallest absolute Gasteiger partial charge is 0.241 e. The number of carbonyl (C=O) groups excluding carboxylic acids is 2. The van der Waals surface area contributed by atoms with E-state index in [4.69, 9.17) is 11.6 Å². The zero-order chi connectivity index (χ0) is 23.8. The number of nitrogens with zero attached hydrogens (tertiary/aromatic N) is 1. The van der Waals surface area contributed by atoms with E-state index < -0.39 is 0 Å². The first-order valence-corrected chi connectivity index (χ1v) is 12.1. The summed E-state index contributed by atoms with van der Waals surface area (Å²) in [5, 5.41) is 3.55. The van der Waals surface area contributed by atoms with E-state index >= 15 is 0 Å². The number of benzene rings is 4. The first-order valence-electron chi connectivity index (χ1n) is 10.8. The molecule has 4 nitrogen and oxygen atoms in total. The molecular weight excluding hydrogens is 464 g/mol. The number of carbonyl (C=O) groups is 2. The molecule has 4 aromatic carbocycles. The van der Waals surface area contributed by atoms with Gasteiger partial charge in [0.2, 0.25) is 11.8 Å². The van der Waals surface area contributed by atoms with E-state index in [-0.39, 0.29) is 24.0 Å². The molecule has 0 saturated heterocycles. The van der Waals surface area contributed by atoms with Crippen LogP contribution in [0.5, 0.6) is 0 Å². The van der Waals surface area contributed by atoms with Crippen LogP contribution in [0.3, 0.4) is 0 Å². The van der Waals surface area contributed by atoms with Crippen LogP contribution in [0.15, 0.2) is 114 Å². The van der Waals surface area contributed by atoms with Gasteiger partial charge >= 0.3 is 0 Å². The molecule has 2 amide bonds. The fraction of sp³-hybridized carbons (Fsp3) is 0.0714. The molecule has 0 spiro atoms. The second-order valence-electron chi connectivity index (χ2n) is 7.56. The van der Waals surface area contributed by atoms with E-state index in [1.807, 2.05) is 97.1 Å². The molecule has 0 atom stereocenters. The second-order valence-corrected chi connectivity index (χ2v) is 9.05. The number of hydrogen-bond donors (Lipinski definition) is 1. The lowest BCUT2D eigenvalue weighted by Crippen LogP contribution is -2.27. The highest BCUT2D eigenvalue weighted by Crippen LogP contribution is 2.28. The Balaban J connectivity index is 1.36. The van der Waals surface area contributed by atoms with Gasteiger partial charge in [0, 0.05) is 27.0 Å². The number of thioether (sulfide) groups is 1. The Bertz CT molecular complexity index is 1190. The molecule has 4 aromatic rings. The van der Waals surface area contributed by atoms with Gasteiger partial charge in [0.15, 0.2) is 0 Å². The number of amides is 2. The van der Waals surface area contributed by atoms with Gasteiger partial charge < -0.3 is 5.32 Å². The Morgan fingerprint density at radius 1 is 0.735 bits per heavy atom. The molecule has 0 aliphatic heterocycles. The van der Waals surface area contributed by atoms with Gasteiger partial charge in [-0.3, -0.25) is 14.5 Å². The zero-order valence-electron chi connectivity index (χ0n) is 18.4. The van der Waals surface area contributed by atoms with Crippen molar-refractivity contribution in [2.75, 3.05) is 16.0 Å². The van der Waals surface area contributed by atoms with Crippen molar-refractivity contribution in [1.29, 1.82) is 0 Å². The normalized spacial score (nSPS) is 10.5. The van der Waals surface area contributed by atoms with Gasteiger partial charge in [-0.2, -0.15) is 0 Å². The average molecular weight is 487 g/mol. The Morgan fingerprint density at radius 2 is 1.29 bits per heavy atom.